The fourth-order valence-electron chi connectivity index (χ4n) is 3.52. The Hall–Kier alpha value is -3.67. The van der Waals surface area contributed by atoms with Crippen LogP contribution in [-0.4, -0.2) is 22.4 Å². The zero-order valence-corrected chi connectivity index (χ0v) is 18.9. The molecule has 1 heterocycles. The summed E-state index contributed by atoms with van der Waals surface area (Å²) in [5.41, 5.74) is 3.44. The van der Waals surface area contributed by atoms with Crippen LogP contribution in [0.25, 0.3) is 22.3 Å². The SMILES string of the molecule is COc1c(O)cc(-c2cc(=O)c3c(O)cc(O)c(CC=C(C)C)c3o2)cc1CC=C(C)C. The van der Waals surface area contributed by atoms with Crippen LogP contribution in [0, 0.1) is 0 Å². The molecule has 0 amide bonds. The van der Waals surface area contributed by atoms with Crippen molar-refractivity contribution in [2.24, 2.45) is 0 Å². The smallest absolute Gasteiger partial charge is 0.197 e. The van der Waals surface area contributed by atoms with E-state index in [0.29, 0.717) is 29.7 Å². The molecule has 0 saturated heterocycles. The standard InChI is InChI=1S/C26H28O6/c1-14(2)6-8-16-10-17(11-22(30)25(16)31-5)23-13-21(29)24-20(28)12-19(27)18(26(24)32-23)9-7-15(3)4/h6-7,10-13,27-28,30H,8-9H2,1-5H3. The second-order valence-electron chi connectivity index (χ2n) is 8.23. The lowest BCUT2D eigenvalue weighted by Crippen LogP contribution is -2.03. The summed E-state index contributed by atoms with van der Waals surface area (Å²) >= 11 is 0. The summed E-state index contributed by atoms with van der Waals surface area (Å²) in [5.74, 6) is -0.0140. The topological polar surface area (TPSA) is 100 Å². The van der Waals surface area contributed by atoms with Crippen LogP contribution in [0.5, 0.6) is 23.0 Å². The molecule has 3 N–H and O–H groups in total. The second-order valence-corrected chi connectivity index (χ2v) is 8.23. The molecule has 3 rings (SSSR count). The predicted octanol–water partition coefficient (Wildman–Crippen LogP) is 5.60. The van der Waals surface area contributed by atoms with Gasteiger partial charge in [-0.15, -0.1) is 0 Å². The normalized spacial score (nSPS) is 10.8. The minimum absolute atomic E-state index is 0.00574. The van der Waals surface area contributed by atoms with Crippen LogP contribution < -0.4 is 10.2 Å². The van der Waals surface area contributed by atoms with Gasteiger partial charge in [-0.2, -0.15) is 0 Å². The van der Waals surface area contributed by atoms with Crippen LogP contribution in [0.4, 0.5) is 0 Å². The van der Waals surface area contributed by atoms with Crippen molar-refractivity contribution >= 4 is 11.0 Å². The number of ether oxygens (including phenoxy) is 1. The summed E-state index contributed by atoms with van der Waals surface area (Å²) in [4.78, 5) is 12.9. The highest BCUT2D eigenvalue weighted by atomic mass is 16.5. The number of fused-ring (bicyclic) bond motifs is 1. The first kappa shape index (κ1) is 23.0. The highest BCUT2D eigenvalue weighted by molar-refractivity contribution is 5.89. The largest absolute Gasteiger partial charge is 0.507 e. The fourth-order valence-corrected chi connectivity index (χ4v) is 3.52. The number of rotatable bonds is 6. The lowest BCUT2D eigenvalue weighted by atomic mass is 10.0. The molecule has 6 nitrogen and oxygen atoms in total. The number of hydrogen-bond acceptors (Lipinski definition) is 6. The van der Waals surface area contributed by atoms with Crippen LogP contribution in [0.15, 0.2) is 56.8 Å². The van der Waals surface area contributed by atoms with Gasteiger partial charge < -0.3 is 24.5 Å². The summed E-state index contributed by atoms with van der Waals surface area (Å²) in [5, 5.41) is 31.2. The van der Waals surface area contributed by atoms with Gasteiger partial charge in [0.2, 0.25) is 0 Å². The number of hydrogen-bond donors (Lipinski definition) is 3. The van der Waals surface area contributed by atoms with Crippen molar-refractivity contribution in [3.05, 3.63) is 68.9 Å². The number of allylic oxidation sites excluding steroid dienone is 4. The molecule has 32 heavy (non-hydrogen) atoms. The lowest BCUT2D eigenvalue weighted by molar-refractivity contribution is 0.370. The number of benzene rings is 2. The molecule has 3 aromatic rings. The first-order chi connectivity index (χ1) is 15.1. The molecule has 2 aromatic carbocycles. The highest BCUT2D eigenvalue weighted by Crippen LogP contribution is 2.39. The molecule has 0 aliphatic heterocycles. The van der Waals surface area contributed by atoms with Crippen molar-refractivity contribution in [1.29, 1.82) is 0 Å². The number of phenols is 3. The Morgan fingerprint density at radius 2 is 1.56 bits per heavy atom. The van der Waals surface area contributed by atoms with Crippen molar-refractivity contribution in [2.45, 2.75) is 40.5 Å². The van der Waals surface area contributed by atoms with E-state index >= 15 is 0 Å². The first-order valence-electron chi connectivity index (χ1n) is 10.3. The lowest BCUT2D eigenvalue weighted by Gasteiger charge is -2.13. The van der Waals surface area contributed by atoms with Gasteiger partial charge in [-0.1, -0.05) is 23.3 Å². The van der Waals surface area contributed by atoms with Crippen LogP contribution in [0.2, 0.25) is 0 Å². The molecule has 0 radical (unpaired) electrons. The van der Waals surface area contributed by atoms with E-state index in [9.17, 15) is 20.1 Å². The molecule has 6 heteroatoms. The molecule has 0 spiro atoms. The van der Waals surface area contributed by atoms with E-state index in [4.69, 9.17) is 9.15 Å². The van der Waals surface area contributed by atoms with Gasteiger partial charge in [-0.25, -0.2) is 0 Å². The Morgan fingerprint density at radius 1 is 0.906 bits per heavy atom. The van der Waals surface area contributed by atoms with Crippen molar-refractivity contribution in [1.82, 2.24) is 0 Å². The zero-order valence-electron chi connectivity index (χ0n) is 18.9. The molecule has 0 saturated carbocycles. The van der Waals surface area contributed by atoms with Crippen LogP contribution >= 0.6 is 0 Å². The van der Waals surface area contributed by atoms with Crippen molar-refractivity contribution in [3.63, 3.8) is 0 Å². The average molecular weight is 437 g/mol. The van der Waals surface area contributed by atoms with E-state index in [2.05, 4.69) is 0 Å². The van der Waals surface area contributed by atoms with Gasteiger partial charge in [0, 0.05) is 28.8 Å². The van der Waals surface area contributed by atoms with Gasteiger partial charge >= 0.3 is 0 Å². The molecule has 168 valence electrons. The second kappa shape index (κ2) is 9.22. The van der Waals surface area contributed by atoms with Crippen molar-refractivity contribution < 1.29 is 24.5 Å². The van der Waals surface area contributed by atoms with E-state index in [1.807, 2.05) is 39.8 Å². The molecule has 1 aromatic heterocycles. The molecule has 0 aliphatic carbocycles. The minimum Gasteiger partial charge on any atom is -0.507 e. The molecule has 0 fully saturated rings. The van der Waals surface area contributed by atoms with Crippen LogP contribution in [0.1, 0.15) is 38.8 Å². The van der Waals surface area contributed by atoms with E-state index in [1.165, 1.54) is 19.2 Å². The van der Waals surface area contributed by atoms with Gasteiger partial charge in [-0.05, 0) is 52.7 Å². The zero-order chi connectivity index (χ0) is 23.6. The van der Waals surface area contributed by atoms with Gasteiger partial charge in [0.1, 0.15) is 28.2 Å². The summed E-state index contributed by atoms with van der Waals surface area (Å²) in [6.07, 6.45) is 4.76. The summed E-state index contributed by atoms with van der Waals surface area (Å²) in [6, 6.07) is 5.69. The fraction of sp³-hybridized carbons (Fsp3) is 0.269. The Morgan fingerprint density at radius 3 is 2.19 bits per heavy atom. The Bertz CT molecular complexity index is 1290. The third-order valence-electron chi connectivity index (χ3n) is 5.14. The Labute approximate surface area is 186 Å². The highest BCUT2D eigenvalue weighted by Gasteiger charge is 2.19. The van der Waals surface area contributed by atoms with E-state index < -0.39 is 5.43 Å². The summed E-state index contributed by atoms with van der Waals surface area (Å²) in [7, 11) is 1.48. The van der Waals surface area contributed by atoms with Gasteiger partial charge in [0.15, 0.2) is 16.9 Å². The van der Waals surface area contributed by atoms with Crippen LogP contribution in [0.3, 0.4) is 0 Å². The van der Waals surface area contributed by atoms with E-state index in [0.717, 1.165) is 22.8 Å². The maximum Gasteiger partial charge on any atom is 0.197 e. The molecule has 0 aliphatic rings. The maximum atomic E-state index is 12.9. The number of aromatic hydroxyl groups is 3. The van der Waals surface area contributed by atoms with Gasteiger partial charge in [0.05, 0.1) is 7.11 Å². The number of methoxy groups -OCH3 is 1. The molecular weight excluding hydrogens is 408 g/mol. The van der Waals surface area contributed by atoms with E-state index in [-0.39, 0.29) is 34.0 Å². The van der Waals surface area contributed by atoms with E-state index in [1.54, 1.807) is 6.07 Å². The van der Waals surface area contributed by atoms with Gasteiger partial charge in [-0.3, -0.25) is 4.79 Å². The average Bonchev–Trinajstić information content (AvgIpc) is 2.70. The third kappa shape index (κ3) is 4.64. The summed E-state index contributed by atoms with van der Waals surface area (Å²) in [6.45, 7) is 7.81. The van der Waals surface area contributed by atoms with Crippen molar-refractivity contribution in [3.8, 4) is 34.3 Å². The van der Waals surface area contributed by atoms with Gasteiger partial charge in [0.25, 0.3) is 0 Å². The molecule has 0 bridgehead atoms. The maximum absolute atomic E-state index is 12.9. The van der Waals surface area contributed by atoms with Crippen LogP contribution in [-0.2, 0) is 12.8 Å². The molecule has 0 atom stereocenters. The predicted molar refractivity (Wildman–Crippen MR) is 126 cm³/mol. The molecule has 0 unspecified atom stereocenters. The van der Waals surface area contributed by atoms with Crippen molar-refractivity contribution in [2.75, 3.05) is 7.11 Å². The minimum atomic E-state index is -0.446. The summed E-state index contributed by atoms with van der Waals surface area (Å²) < 4.78 is 11.4. The first-order valence-corrected chi connectivity index (χ1v) is 10.3. The third-order valence-corrected chi connectivity index (χ3v) is 5.14. The quantitative estimate of drug-likeness (QED) is 0.435. The molecular formula is C26H28O6. The Kier molecular flexibility index (Phi) is 6.63. The number of phenolic OH excluding ortho intramolecular Hbond substituents is 3. The Balaban J connectivity index is 2.28. The monoisotopic (exact) mass is 436 g/mol.